The number of nitrogens with one attached hydrogen (secondary N) is 3. The highest BCUT2D eigenvalue weighted by Crippen LogP contribution is 2.22. The average Bonchev–Trinajstić information content (AvgIpc) is 3.12. The van der Waals surface area contributed by atoms with Gasteiger partial charge in [0.1, 0.15) is 11.6 Å². The molecular weight excluding hydrogens is 501 g/mol. The molecule has 0 saturated heterocycles. The molecular formula is C21H27ClIN5O. The van der Waals surface area contributed by atoms with Crippen molar-refractivity contribution in [3.8, 4) is 5.75 Å². The van der Waals surface area contributed by atoms with Crippen LogP contribution in [0.3, 0.4) is 0 Å². The van der Waals surface area contributed by atoms with Crippen molar-refractivity contribution >= 4 is 52.6 Å². The van der Waals surface area contributed by atoms with Crippen LogP contribution in [0.5, 0.6) is 5.75 Å². The molecule has 0 atom stereocenters. The minimum atomic E-state index is 0. The zero-order valence-corrected chi connectivity index (χ0v) is 19.8. The van der Waals surface area contributed by atoms with Gasteiger partial charge in [-0.2, -0.15) is 0 Å². The van der Waals surface area contributed by atoms with E-state index in [-0.39, 0.29) is 24.0 Å². The van der Waals surface area contributed by atoms with Gasteiger partial charge in [-0.05, 0) is 43.2 Å². The molecule has 1 aromatic heterocycles. The second-order valence-electron chi connectivity index (χ2n) is 6.35. The molecule has 0 fully saturated rings. The maximum atomic E-state index is 6.31. The molecule has 2 aromatic carbocycles. The van der Waals surface area contributed by atoms with Crippen LogP contribution in [-0.4, -0.2) is 42.7 Å². The lowest BCUT2D eigenvalue weighted by Crippen LogP contribution is -2.38. The van der Waals surface area contributed by atoms with Crippen molar-refractivity contribution in [2.24, 2.45) is 4.99 Å². The number of methoxy groups -OCH3 is 1. The number of aliphatic imine (C=N–C) groups is 1. The molecule has 0 aliphatic rings. The summed E-state index contributed by atoms with van der Waals surface area (Å²) in [5.41, 5.74) is 3.12. The second-order valence-corrected chi connectivity index (χ2v) is 6.75. The number of rotatable bonds is 8. The number of H-pyrrole nitrogens is 1. The Morgan fingerprint density at radius 3 is 2.72 bits per heavy atom. The first-order valence-corrected chi connectivity index (χ1v) is 9.85. The van der Waals surface area contributed by atoms with Crippen LogP contribution >= 0.6 is 35.6 Å². The summed E-state index contributed by atoms with van der Waals surface area (Å²) in [6, 6.07) is 13.8. The van der Waals surface area contributed by atoms with Gasteiger partial charge in [-0.25, -0.2) is 4.98 Å². The summed E-state index contributed by atoms with van der Waals surface area (Å²) < 4.78 is 5.19. The summed E-state index contributed by atoms with van der Waals surface area (Å²) in [4.78, 5) is 12.6. The van der Waals surface area contributed by atoms with E-state index in [4.69, 9.17) is 16.3 Å². The Hall–Kier alpha value is -2.00. The van der Waals surface area contributed by atoms with Crippen LogP contribution in [0.1, 0.15) is 18.3 Å². The Bertz CT molecular complexity index is 911. The second kappa shape index (κ2) is 11.9. The van der Waals surface area contributed by atoms with Gasteiger partial charge in [-0.3, -0.25) is 4.99 Å². The van der Waals surface area contributed by atoms with Crippen LogP contribution in [-0.2, 0) is 12.8 Å². The maximum absolute atomic E-state index is 6.31. The van der Waals surface area contributed by atoms with E-state index in [0.29, 0.717) is 11.6 Å². The number of hydrogen-bond acceptors (Lipinski definition) is 3. The van der Waals surface area contributed by atoms with Gasteiger partial charge >= 0.3 is 0 Å². The van der Waals surface area contributed by atoms with E-state index < -0.39 is 0 Å². The van der Waals surface area contributed by atoms with Crippen LogP contribution in [0.2, 0.25) is 5.02 Å². The number of guanidine groups is 1. The van der Waals surface area contributed by atoms with Gasteiger partial charge in [-0.1, -0.05) is 29.8 Å². The minimum absolute atomic E-state index is 0. The molecule has 0 unspecified atom stereocenters. The molecule has 29 heavy (non-hydrogen) atoms. The molecule has 1 heterocycles. The lowest BCUT2D eigenvalue weighted by Gasteiger charge is -2.12. The highest BCUT2D eigenvalue weighted by molar-refractivity contribution is 14.0. The van der Waals surface area contributed by atoms with Crippen LogP contribution in [0.25, 0.3) is 11.0 Å². The molecule has 0 aliphatic carbocycles. The van der Waals surface area contributed by atoms with E-state index in [2.05, 4.69) is 32.5 Å². The third-order valence-corrected chi connectivity index (χ3v) is 4.70. The fraction of sp³-hybridized carbons (Fsp3) is 0.333. The third-order valence-electron chi connectivity index (χ3n) is 4.35. The molecule has 0 spiro atoms. The van der Waals surface area contributed by atoms with Crippen LogP contribution in [0.4, 0.5) is 0 Å². The van der Waals surface area contributed by atoms with Gasteiger partial charge in [-0.15, -0.1) is 24.0 Å². The number of para-hydroxylation sites is 2. The normalized spacial score (nSPS) is 11.2. The molecule has 3 rings (SSSR count). The predicted octanol–water partition coefficient (Wildman–Crippen LogP) is 4.18. The van der Waals surface area contributed by atoms with Crippen molar-refractivity contribution in [1.29, 1.82) is 0 Å². The lowest BCUT2D eigenvalue weighted by atomic mass is 10.1. The van der Waals surface area contributed by atoms with E-state index in [1.807, 2.05) is 42.5 Å². The number of hydrogen-bond donors (Lipinski definition) is 3. The molecule has 3 N–H and O–H groups in total. The van der Waals surface area contributed by atoms with Crippen LogP contribution in [0, 0.1) is 0 Å². The fourth-order valence-corrected chi connectivity index (χ4v) is 3.18. The van der Waals surface area contributed by atoms with Crippen LogP contribution < -0.4 is 15.4 Å². The number of imidazole rings is 1. The van der Waals surface area contributed by atoms with E-state index in [1.54, 1.807) is 7.11 Å². The molecule has 6 nitrogen and oxygen atoms in total. The van der Waals surface area contributed by atoms with E-state index in [0.717, 1.165) is 60.1 Å². The maximum Gasteiger partial charge on any atom is 0.191 e. The zero-order valence-electron chi connectivity index (χ0n) is 16.7. The summed E-state index contributed by atoms with van der Waals surface area (Å²) in [7, 11) is 1.64. The Morgan fingerprint density at radius 2 is 2.00 bits per heavy atom. The van der Waals surface area contributed by atoms with Crippen molar-refractivity contribution in [3.05, 3.63) is 58.9 Å². The summed E-state index contributed by atoms with van der Waals surface area (Å²) in [5.74, 6) is 2.51. The molecule has 0 saturated carbocycles. The van der Waals surface area contributed by atoms with Gasteiger partial charge < -0.3 is 20.4 Å². The van der Waals surface area contributed by atoms with Crippen molar-refractivity contribution in [3.63, 3.8) is 0 Å². The van der Waals surface area contributed by atoms with Crippen molar-refractivity contribution in [2.45, 2.75) is 19.8 Å². The number of fused-ring (bicyclic) bond motifs is 1. The average molecular weight is 528 g/mol. The lowest BCUT2D eigenvalue weighted by molar-refractivity contribution is 0.414. The van der Waals surface area contributed by atoms with Gasteiger partial charge in [0.2, 0.25) is 0 Å². The Labute approximate surface area is 193 Å². The first kappa shape index (κ1) is 23.3. The topological polar surface area (TPSA) is 74.3 Å². The van der Waals surface area contributed by atoms with E-state index >= 15 is 0 Å². The van der Waals surface area contributed by atoms with E-state index in [9.17, 15) is 0 Å². The first-order valence-electron chi connectivity index (χ1n) is 9.48. The number of halogens is 2. The van der Waals surface area contributed by atoms with Crippen molar-refractivity contribution in [2.75, 3.05) is 26.7 Å². The number of nitrogens with zero attached hydrogens (tertiary/aromatic N) is 2. The molecule has 0 amide bonds. The monoisotopic (exact) mass is 527 g/mol. The minimum Gasteiger partial charge on any atom is -0.497 e. The SMILES string of the molecule is CCNC(=NCCc1nc2ccccc2[nH]1)NCCc1ccc(OC)cc1Cl.I. The Balaban J connectivity index is 0.00000300. The summed E-state index contributed by atoms with van der Waals surface area (Å²) >= 11 is 6.31. The molecule has 8 heteroatoms. The molecule has 156 valence electrons. The van der Waals surface area contributed by atoms with Crippen LogP contribution in [0.15, 0.2) is 47.5 Å². The predicted molar refractivity (Wildman–Crippen MR) is 131 cm³/mol. The molecule has 3 aromatic rings. The summed E-state index contributed by atoms with van der Waals surface area (Å²) in [6.45, 7) is 4.25. The largest absolute Gasteiger partial charge is 0.497 e. The van der Waals surface area contributed by atoms with Gasteiger partial charge in [0.05, 0.1) is 18.1 Å². The van der Waals surface area contributed by atoms with E-state index in [1.165, 1.54) is 0 Å². The van der Waals surface area contributed by atoms with Crippen molar-refractivity contribution < 1.29 is 4.74 Å². The standard InChI is InChI=1S/C21H26ClN5O.HI/c1-3-23-21(24-12-10-15-8-9-16(28-2)14-17(15)22)25-13-11-20-26-18-6-4-5-7-19(18)27-20;/h4-9,14H,3,10-13H2,1-2H3,(H,26,27)(H2,23,24,25);1H. The number of benzene rings is 2. The molecule has 0 bridgehead atoms. The van der Waals surface area contributed by atoms with Gasteiger partial charge in [0.25, 0.3) is 0 Å². The molecule has 0 radical (unpaired) electrons. The third kappa shape index (κ3) is 6.78. The summed E-state index contributed by atoms with van der Waals surface area (Å²) in [5, 5.41) is 7.34. The summed E-state index contributed by atoms with van der Waals surface area (Å²) in [6.07, 6.45) is 1.56. The van der Waals surface area contributed by atoms with Gasteiger partial charge in [0.15, 0.2) is 5.96 Å². The number of ether oxygens (including phenoxy) is 1. The first-order chi connectivity index (χ1) is 13.7. The Morgan fingerprint density at radius 1 is 1.17 bits per heavy atom. The zero-order chi connectivity index (χ0) is 19.8. The van der Waals surface area contributed by atoms with Gasteiger partial charge in [0, 0.05) is 31.1 Å². The van der Waals surface area contributed by atoms with Crippen molar-refractivity contribution in [1.82, 2.24) is 20.6 Å². The highest BCUT2D eigenvalue weighted by Gasteiger charge is 2.04. The highest BCUT2D eigenvalue weighted by atomic mass is 127. The molecule has 0 aliphatic heterocycles. The fourth-order valence-electron chi connectivity index (χ4n) is 2.91. The quantitative estimate of drug-likeness (QED) is 0.233. The number of aromatic amines is 1. The number of aromatic nitrogens is 2. The Kier molecular flexibility index (Phi) is 9.53. The smallest absolute Gasteiger partial charge is 0.191 e.